The highest BCUT2D eigenvalue weighted by atomic mass is 16.6. The van der Waals surface area contributed by atoms with Crippen molar-refractivity contribution >= 4 is 5.69 Å². The van der Waals surface area contributed by atoms with Gasteiger partial charge in [-0.2, -0.15) is 4.91 Å². The normalized spacial score (nSPS) is 19.9. The van der Waals surface area contributed by atoms with E-state index in [9.17, 15) is 20.1 Å². The highest BCUT2D eigenvalue weighted by Gasteiger charge is 2.34. The average molecular weight is 270 g/mol. The molecule has 2 unspecified atom stereocenters. The monoisotopic (exact) mass is 270 g/mol. The summed E-state index contributed by atoms with van der Waals surface area (Å²) in [5, 5.41) is 24.0. The zero-order valence-corrected chi connectivity index (χ0v) is 10.3. The van der Waals surface area contributed by atoms with Crippen molar-refractivity contribution in [2.45, 2.75) is 12.1 Å². The molecule has 0 amide bonds. The standard InChI is InChI=1S/C14H10N2O4/c17-14-11-4-2-1-3-9(11)10-6-5-8(16(19)20)7-12(10)13(14)15-18/h1-7,13-14,17H. The van der Waals surface area contributed by atoms with Gasteiger partial charge in [-0.3, -0.25) is 10.1 Å². The molecule has 0 aliphatic heterocycles. The van der Waals surface area contributed by atoms with Crippen molar-refractivity contribution in [1.29, 1.82) is 0 Å². The molecule has 0 fully saturated rings. The van der Waals surface area contributed by atoms with Crippen LogP contribution in [-0.4, -0.2) is 10.0 Å². The smallest absolute Gasteiger partial charge is 0.269 e. The molecule has 0 heterocycles. The van der Waals surface area contributed by atoms with Gasteiger partial charge in [0.2, 0.25) is 0 Å². The predicted octanol–water partition coefficient (Wildman–Crippen LogP) is 3.12. The van der Waals surface area contributed by atoms with Gasteiger partial charge in [-0.1, -0.05) is 29.4 Å². The number of non-ortho nitro benzene ring substituents is 1. The molecule has 0 bridgehead atoms. The summed E-state index contributed by atoms with van der Waals surface area (Å²) in [6.45, 7) is 0. The second-order valence-electron chi connectivity index (χ2n) is 4.61. The molecule has 2 aromatic rings. The molecule has 0 aromatic heterocycles. The molecule has 0 radical (unpaired) electrons. The van der Waals surface area contributed by atoms with Crippen LogP contribution in [0.1, 0.15) is 23.3 Å². The van der Waals surface area contributed by atoms with Crippen molar-refractivity contribution in [3.63, 3.8) is 0 Å². The van der Waals surface area contributed by atoms with Gasteiger partial charge < -0.3 is 5.11 Å². The van der Waals surface area contributed by atoms with Crippen LogP contribution in [0.15, 0.2) is 47.6 Å². The molecule has 1 aliphatic rings. The Hall–Kier alpha value is -2.60. The van der Waals surface area contributed by atoms with Gasteiger partial charge in [-0.05, 0) is 28.3 Å². The predicted molar refractivity (Wildman–Crippen MR) is 72.0 cm³/mol. The van der Waals surface area contributed by atoms with Crippen LogP contribution in [0.4, 0.5) is 5.69 Å². The van der Waals surface area contributed by atoms with Crippen molar-refractivity contribution in [1.82, 2.24) is 0 Å². The first-order valence-corrected chi connectivity index (χ1v) is 6.01. The van der Waals surface area contributed by atoms with Crippen molar-refractivity contribution in [3.05, 3.63) is 68.6 Å². The summed E-state index contributed by atoms with van der Waals surface area (Å²) in [7, 11) is 0. The maximum atomic E-state index is 11.0. The summed E-state index contributed by atoms with van der Waals surface area (Å²) in [5.41, 5.74) is 2.34. The minimum absolute atomic E-state index is 0.121. The number of aliphatic hydroxyl groups excluding tert-OH is 1. The van der Waals surface area contributed by atoms with Crippen molar-refractivity contribution in [2.75, 3.05) is 0 Å². The molecule has 0 saturated carbocycles. The number of benzene rings is 2. The van der Waals surface area contributed by atoms with E-state index in [1.165, 1.54) is 12.1 Å². The summed E-state index contributed by atoms with van der Waals surface area (Å²) < 4.78 is 0. The second kappa shape index (κ2) is 4.50. The van der Waals surface area contributed by atoms with E-state index >= 15 is 0 Å². The quantitative estimate of drug-likeness (QED) is 0.515. The molecule has 2 atom stereocenters. The summed E-state index contributed by atoms with van der Waals surface area (Å²) in [4.78, 5) is 21.4. The number of nitrogens with zero attached hydrogens (tertiary/aromatic N) is 2. The Bertz CT molecular complexity index is 714. The largest absolute Gasteiger partial charge is 0.386 e. The average Bonchev–Trinajstić information content (AvgIpc) is 2.47. The van der Waals surface area contributed by atoms with E-state index in [0.29, 0.717) is 16.7 Å². The molecule has 0 spiro atoms. The summed E-state index contributed by atoms with van der Waals surface area (Å²) >= 11 is 0. The Kier molecular flexibility index (Phi) is 2.80. The second-order valence-corrected chi connectivity index (χ2v) is 4.61. The molecule has 6 nitrogen and oxygen atoms in total. The Balaban J connectivity index is 2.29. The number of rotatable bonds is 2. The van der Waals surface area contributed by atoms with Crippen LogP contribution in [-0.2, 0) is 0 Å². The molecule has 1 aliphatic carbocycles. The van der Waals surface area contributed by atoms with Crippen molar-refractivity contribution < 1.29 is 10.0 Å². The van der Waals surface area contributed by atoms with E-state index < -0.39 is 17.1 Å². The molecule has 20 heavy (non-hydrogen) atoms. The third kappa shape index (κ3) is 1.70. The van der Waals surface area contributed by atoms with Gasteiger partial charge in [0.05, 0.1) is 4.92 Å². The first-order valence-electron chi connectivity index (χ1n) is 6.01. The fraction of sp³-hybridized carbons (Fsp3) is 0.143. The number of hydrogen-bond donors (Lipinski definition) is 1. The highest BCUT2D eigenvalue weighted by Crippen LogP contribution is 2.46. The zero-order chi connectivity index (χ0) is 14.3. The van der Waals surface area contributed by atoms with Crippen LogP contribution in [0.5, 0.6) is 0 Å². The van der Waals surface area contributed by atoms with Gasteiger partial charge in [0.25, 0.3) is 5.69 Å². The third-order valence-corrected chi connectivity index (χ3v) is 3.55. The molecule has 0 saturated heterocycles. The van der Waals surface area contributed by atoms with Gasteiger partial charge in [-0.15, -0.1) is 0 Å². The third-order valence-electron chi connectivity index (χ3n) is 3.55. The van der Waals surface area contributed by atoms with Gasteiger partial charge in [0.1, 0.15) is 12.1 Å². The first-order chi connectivity index (χ1) is 9.63. The van der Waals surface area contributed by atoms with Gasteiger partial charge in [0, 0.05) is 12.1 Å². The number of nitro groups is 1. The fourth-order valence-electron chi connectivity index (χ4n) is 2.61. The molecular weight excluding hydrogens is 260 g/mol. The van der Waals surface area contributed by atoms with Crippen LogP contribution in [0, 0.1) is 15.0 Å². The van der Waals surface area contributed by atoms with Crippen molar-refractivity contribution in [2.24, 2.45) is 5.18 Å². The van der Waals surface area contributed by atoms with Crippen LogP contribution < -0.4 is 0 Å². The van der Waals surface area contributed by atoms with E-state index in [-0.39, 0.29) is 5.69 Å². The molecule has 1 N–H and O–H groups in total. The lowest BCUT2D eigenvalue weighted by Crippen LogP contribution is -2.16. The fourth-order valence-corrected chi connectivity index (χ4v) is 2.61. The summed E-state index contributed by atoms with van der Waals surface area (Å²) in [5.74, 6) is 0. The lowest BCUT2D eigenvalue weighted by molar-refractivity contribution is -0.384. The number of hydrogen-bond acceptors (Lipinski definition) is 5. The van der Waals surface area contributed by atoms with Gasteiger partial charge in [-0.25, -0.2) is 0 Å². The number of fused-ring (bicyclic) bond motifs is 3. The Morgan fingerprint density at radius 2 is 1.80 bits per heavy atom. The Morgan fingerprint density at radius 3 is 2.50 bits per heavy atom. The lowest BCUT2D eigenvalue weighted by atomic mass is 9.81. The molecule has 3 rings (SSSR count). The Labute approximate surface area is 113 Å². The lowest BCUT2D eigenvalue weighted by Gasteiger charge is -2.27. The maximum absolute atomic E-state index is 11.0. The van der Waals surface area contributed by atoms with E-state index in [1.54, 1.807) is 18.2 Å². The molecule has 6 heteroatoms. The number of nitro benzene ring substituents is 1. The number of nitroso groups, excluding NO2 is 1. The van der Waals surface area contributed by atoms with Crippen molar-refractivity contribution in [3.8, 4) is 11.1 Å². The molecular formula is C14H10N2O4. The van der Waals surface area contributed by atoms with E-state index in [1.807, 2.05) is 12.1 Å². The van der Waals surface area contributed by atoms with E-state index in [0.717, 1.165) is 5.56 Å². The van der Waals surface area contributed by atoms with Crippen LogP contribution >= 0.6 is 0 Å². The van der Waals surface area contributed by atoms with Gasteiger partial charge in [0.15, 0.2) is 0 Å². The van der Waals surface area contributed by atoms with Crippen LogP contribution in [0.25, 0.3) is 11.1 Å². The summed E-state index contributed by atoms with van der Waals surface area (Å²) in [6, 6.07) is 10.4. The minimum Gasteiger partial charge on any atom is -0.386 e. The van der Waals surface area contributed by atoms with Crippen LogP contribution in [0.2, 0.25) is 0 Å². The SMILES string of the molecule is O=NC1c2cc([N+](=O)[O-])ccc2-c2ccccc2C1O. The van der Waals surface area contributed by atoms with E-state index in [4.69, 9.17) is 0 Å². The summed E-state index contributed by atoms with van der Waals surface area (Å²) in [6.07, 6.45) is -1.08. The highest BCUT2D eigenvalue weighted by molar-refractivity contribution is 5.75. The maximum Gasteiger partial charge on any atom is 0.269 e. The first kappa shape index (κ1) is 12.4. The molecule has 100 valence electrons. The minimum atomic E-state index is -1.08. The molecule has 2 aromatic carbocycles. The Morgan fingerprint density at radius 1 is 1.10 bits per heavy atom. The zero-order valence-electron chi connectivity index (χ0n) is 10.3. The van der Waals surface area contributed by atoms with E-state index in [2.05, 4.69) is 5.18 Å². The van der Waals surface area contributed by atoms with Gasteiger partial charge >= 0.3 is 0 Å². The van der Waals surface area contributed by atoms with Crippen LogP contribution in [0.3, 0.4) is 0 Å². The topological polar surface area (TPSA) is 92.8 Å². The number of aliphatic hydroxyl groups is 1.